The first-order valence-electron chi connectivity index (χ1n) is 11.5. The summed E-state index contributed by atoms with van der Waals surface area (Å²) < 4.78 is 28.3. The van der Waals surface area contributed by atoms with Crippen LogP contribution in [0.5, 0.6) is 11.5 Å². The zero-order chi connectivity index (χ0) is 25.1. The van der Waals surface area contributed by atoms with E-state index in [1.165, 1.54) is 7.11 Å². The standard InChI is InChI=1S/C26H31FN6O2/c1-16(2)28-9-10-33(26-17(3)22(34-5)12-23(35-6)25(26)27)24-8-7-20-21(31-24)11-18(13-29-20)19-14-30-32(4)15-19/h7-8,11-16,28H,9-10H2,1-6H3. The largest absolute Gasteiger partial charge is 0.496 e. The molecule has 0 radical (unpaired) electrons. The maximum Gasteiger partial charge on any atom is 0.189 e. The van der Waals surface area contributed by atoms with Gasteiger partial charge in [0.25, 0.3) is 0 Å². The quantitative estimate of drug-likeness (QED) is 0.376. The molecule has 0 atom stereocenters. The van der Waals surface area contributed by atoms with E-state index in [9.17, 15) is 0 Å². The van der Waals surface area contributed by atoms with Gasteiger partial charge in [0.1, 0.15) is 11.6 Å². The molecule has 0 fully saturated rings. The van der Waals surface area contributed by atoms with Crippen molar-refractivity contribution in [3.8, 4) is 22.6 Å². The number of nitrogens with zero attached hydrogens (tertiary/aromatic N) is 5. The van der Waals surface area contributed by atoms with E-state index >= 15 is 4.39 Å². The first-order chi connectivity index (χ1) is 16.8. The maximum atomic E-state index is 15.7. The predicted octanol–water partition coefficient (Wildman–Crippen LogP) is 4.63. The number of hydrogen-bond donors (Lipinski definition) is 1. The normalized spacial score (nSPS) is 11.3. The molecule has 0 saturated heterocycles. The van der Waals surface area contributed by atoms with Gasteiger partial charge in [-0.05, 0) is 25.1 Å². The molecule has 9 heteroatoms. The molecule has 0 amide bonds. The van der Waals surface area contributed by atoms with Crippen molar-refractivity contribution >= 4 is 22.5 Å². The number of ether oxygens (including phenoxy) is 2. The van der Waals surface area contributed by atoms with Crippen molar-refractivity contribution in [1.82, 2.24) is 25.1 Å². The minimum atomic E-state index is -0.459. The summed E-state index contributed by atoms with van der Waals surface area (Å²) in [5.41, 5.74) is 4.36. The summed E-state index contributed by atoms with van der Waals surface area (Å²) in [6.45, 7) is 7.10. The van der Waals surface area contributed by atoms with Gasteiger partial charge in [-0.2, -0.15) is 5.10 Å². The number of aryl methyl sites for hydroxylation is 1. The number of rotatable bonds is 9. The van der Waals surface area contributed by atoms with Gasteiger partial charge in [-0.3, -0.25) is 9.67 Å². The van der Waals surface area contributed by atoms with Crippen LogP contribution in [0.15, 0.2) is 42.9 Å². The zero-order valence-electron chi connectivity index (χ0n) is 21.0. The number of methoxy groups -OCH3 is 2. The van der Waals surface area contributed by atoms with E-state index in [1.54, 1.807) is 24.1 Å². The van der Waals surface area contributed by atoms with Crippen molar-refractivity contribution in [1.29, 1.82) is 0 Å². The van der Waals surface area contributed by atoms with Crippen LogP contribution in [0.2, 0.25) is 0 Å². The predicted molar refractivity (Wildman–Crippen MR) is 136 cm³/mol. The maximum absolute atomic E-state index is 15.7. The highest BCUT2D eigenvalue weighted by molar-refractivity contribution is 5.82. The van der Waals surface area contributed by atoms with Gasteiger partial charge in [-0.15, -0.1) is 0 Å². The summed E-state index contributed by atoms with van der Waals surface area (Å²) in [6, 6.07) is 7.59. The minimum Gasteiger partial charge on any atom is -0.496 e. The Morgan fingerprint density at radius 2 is 1.83 bits per heavy atom. The number of aromatic nitrogens is 4. The molecule has 0 spiro atoms. The van der Waals surface area contributed by atoms with E-state index in [0.717, 1.165) is 16.6 Å². The Morgan fingerprint density at radius 3 is 2.49 bits per heavy atom. The highest BCUT2D eigenvalue weighted by atomic mass is 19.1. The van der Waals surface area contributed by atoms with Gasteiger partial charge < -0.3 is 19.7 Å². The van der Waals surface area contributed by atoms with Gasteiger partial charge in [-0.1, -0.05) is 13.8 Å². The average molecular weight is 479 g/mol. The van der Waals surface area contributed by atoms with Gasteiger partial charge in [0.05, 0.1) is 37.1 Å². The summed E-state index contributed by atoms with van der Waals surface area (Å²) in [4.78, 5) is 11.3. The molecule has 0 saturated carbocycles. The van der Waals surface area contributed by atoms with E-state index in [-0.39, 0.29) is 5.75 Å². The molecule has 0 aliphatic heterocycles. The fourth-order valence-electron chi connectivity index (χ4n) is 4.05. The second-order valence-corrected chi connectivity index (χ2v) is 8.66. The summed E-state index contributed by atoms with van der Waals surface area (Å²) in [5, 5.41) is 7.65. The van der Waals surface area contributed by atoms with Gasteiger partial charge in [0.15, 0.2) is 11.6 Å². The van der Waals surface area contributed by atoms with E-state index in [1.807, 2.05) is 49.5 Å². The Morgan fingerprint density at radius 1 is 1.06 bits per heavy atom. The molecule has 3 aromatic heterocycles. The molecule has 4 aromatic rings. The molecule has 0 unspecified atom stereocenters. The minimum absolute atomic E-state index is 0.116. The summed E-state index contributed by atoms with van der Waals surface area (Å²) in [7, 11) is 4.88. The van der Waals surface area contributed by atoms with Crippen LogP contribution in [0.25, 0.3) is 22.2 Å². The topological polar surface area (TPSA) is 77.3 Å². The lowest BCUT2D eigenvalue weighted by Crippen LogP contribution is -2.33. The second-order valence-electron chi connectivity index (χ2n) is 8.66. The Hall–Kier alpha value is -3.72. The van der Waals surface area contributed by atoms with E-state index in [2.05, 4.69) is 29.2 Å². The van der Waals surface area contributed by atoms with Gasteiger partial charge in [0.2, 0.25) is 0 Å². The zero-order valence-corrected chi connectivity index (χ0v) is 21.0. The first-order valence-corrected chi connectivity index (χ1v) is 11.5. The molecule has 35 heavy (non-hydrogen) atoms. The van der Waals surface area contributed by atoms with Crippen LogP contribution >= 0.6 is 0 Å². The lowest BCUT2D eigenvalue weighted by Gasteiger charge is -2.28. The molecule has 184 valence electrons. The Bertz CT molecular complexity index is 1310. The van der Waals surface area contributed by atoms with Crippen LogP contribution in [0.4, 0.5) is 15.9 Å². The third kappa shape index (κ3) is 5.05. The monoisotopic (exact) mass is 478 g/mol. The number of fused-ring (bicyclic) bond motifs is 1. The SMILES string of the molecule is COc1cc(OC)c(F)c(N(CCNC(C)C)c2ccc3ncc(-c4cnn(C)c4)cc3n2)c1C. The summed E-state index contributed by atoms with van der Waals surface area (Å²) in [6.07, 6.45) is 5.53. The Labute approximate surface area is 204 Å². The third-order valence-corrected chi connectivity index (χ3v) is 5.85. The summed E-state index contributed by atoms with van der Waals surface area (Å²) in [5.74, 6) is 0.803. The highest BCUT2D eigenvalue weighted by Gasteiger charge is 2.24. The van der Waals surface area contributed by atoms with Crippen molar-refractivity contribution in [2.24, 2.45) is 7.05 Å². The molecule has 0 aliphatic rings. The van der Waals surface area contributed by atoms with Crippen molar-refractivity contribution in [2.45, 2.75) is 26.8 Å². The molecule has 0 aliphatic carbocycles. The molecule has 1 aromatic carbocycles. The van der Waals surface area contributed by atoms with Gasteiger partial charge in [-0.25, -0.2) is 9.37 Å². The molecule has 4 rings (SSSR count). The fourth-order valence-corrected chi connectivity index (χ4v) is 4.05. The molecule has 3 heterocycles. The van der Waals surface area contributed by atoms with Crippen LogP contribution in [-0.2, 0) is 7.05 Å². The lowest BCUT2D eigenvalue weighted by molar-refractivity contribution is 0.372. The number of hydrogen-bond acceptors (Lipinski definition) is 7. The van der Waals surface area contributed by atoms with Crippen molar-refractivity contribution in [2.75, 3.05) is 32.2 Å². The smallest absolute Gasteiger partial charge is 0.189 e. The average Bonchev–Trinajstić information content (AvgIpc) is 3.28. The van der Waals surface area contributed by atoms with Crippen molar-refractivity contribution in [3.05, 3.63) is 54.2 Å². The third-order valence-electron chi connectivity index (χ3n) is 5.85. The first kappa shape index (κ1) is 24.4. The van der Waals surface area contributed by atoms with Crippen LogP contribution < -0.4 is 19.7 Å². The molecule has 1 N–H and O–H groups in total. The lowest BCUT2D eigenvalue weighted by atomic mass is 10.1. The molecular formula is C26H31FN6O2. The molecule has 8 nitrogen and oxygen atoms in total. The molecular weight excluding hydrogens is 447 g/mol. The van der Waals surface area contributed by atoms with Crippen LogP contribution in [0.3, 0.4) is 0 Å². The Kier molecular flexibility index (Phi) is 7.16. The number of halogens is 1. The summed E-state index contributed by atoms with van der Waals surface area (Å²) >= 11 is 0. The van der Waals surface area contributed by atoms with Gasteiger partial charge in [0, 0.05) is 61.3 Å². The van der Waals surface area contributed by atoms with Crippen LogP contribution in [0, 0.1) is 12.7 Å². The highest BCUT2D eigenvalue weighted by Crippen LogP contribution is 2.40. The number of nitrogens with one attached hydrogen (secondary N) is 1. The molecule has 0 bridgehead atoms. The van der Waals surface area contributed by atoms with E-state index < -0.39 is 5.82 Å². The van der Waals surface area contributed by atoms with Crippen LogP contribution in [0.1, 0.15) is 19.4 Å². The number of pyridine rings is 2. The number of benzene rings is 1. The van der Waals surface area contributed by atoms with Gasteiger partial charge >= 0.3 is 0 Å². The van der Waals surface area contributed by atoms with E-state index in [0.29, 0.717) is 47.5 Å². The number of anilines is 2. The van der Waals surface area contributed by atoms with Crippen molar-refractivity contribution in [3.63, 3.8) is 0 Å². The van der Waals surface area contributed by atoms with Crippen LogP contribution in [-0.4, -0.2) is 53.1 Å². The van der Waals surface area contributed by atoms with Crippen molar-refractivity contribution < 1.29 is 13.9 Å². The Balaban J connectivity index is 1.84. The fraction of sp³-hybridized carbons (Fsp3) is 0.346. The van der Waals surface area contributed by atoms with E-state index in [4.69, 9.17) is 14.5 Å². The second kappa shape index (κ2) is 10.3.